The molecule has 0 aliphatic carbocycles. The standard InChI is InChI=1S/C26H22Cl2F2N2OS/c1-26(2,18-5-3-16(14-33)22(27)11-18)24-13-31-25(32(24)21-9-7-19(29)8-10-21)34-15-17-4-6-20(30)12-23(17)28/h3-13,33H,14-15H2,1-2H3. The summed E-state index contributed by atoms with van der Waals surface area (Å²) in [6.45, 7) is 3.97. The number of imidazole rings is 1. The molecule has 0 aliphatic heterocycles. The molecule has 3 aromatic carbocycles. The zero-order chi connectivity index (χ0) is 24.5. The predicted octanol–water partition coefficient (Wildman–Crippen LogP) is 7.57. The number of aliphatic hydroxyl groups excluding tert-OH is 1. The molecule has 0 fully saturated rings. The van der Waals surface area contributed by atoms with Crippen LogP contribution in [0.1, 0.15) is 36.2 Å². The molecule has 0 saturated heterocycles. The molecule has 1 N–H and O–H groups in total. The van der Waals surface area contributed by atoms with Crippen molar-refractivity contribution in [3.63, 3.8) is 0 Å². The van der Waals surface area contributed by atoms with Crippen molar-refractivity contribution in [1.29, 1.82) is 0 Å². The number of rotatable bonds is 7. The third-order valence-corrected chi connectivity index (χ3v) is 7.48. The monoisotopic (exact) mass is 518 g/mol. The molecule has 4 rings (SSSR count). The molecular formula is C26H22Cl2F2N2OS. The third kappa shape index (κ3) is 5.01. The van der Waals surface area contributed by atoms with E-state index in [2.05, 4.69) is 18.8 Å². The van der Waals surface area contributed by atoms with Crippen LogP contribution in [-0.2, 0) is 17.8 Å². The molecule has 0 saturated carbocycles. The fraction of sp³-hybridized carbons (Fsp3) is 0.192. The fourth-order valence-corrected chi connectivity index (χ4v) is 5.26. The van der Waals surface area contributed by atoms with Crippen LogP contribution in [0.4, 0.5) is 8.78 Å². The summed E-state index contributed by atoms with van der Waals surface area (Å²) < 4.78 is 29.1. The van der Waals surface area contributed by atoms with Gasteiger partial charge in [-0.3, -0.25) is 4.57 Å². The minimum absolute atomic E-state index is 0.139. The van der Waals surface area contributed by atoms with Crippen molar-refractivity contribution in [3.8, 4) is 5.69 Å². The topological polar surface area (TPSA) is 38.1 Å². The van der Waals surface area contributed by atoms with Crippen LogP contribution in [-0.4, -0.2) is 14.7 Å². The number of benzene rings is 3. The van der Waals surface area contributed by atoms with Gasteiger partial charge in [-0.2, -0.15) is 0 Å². The Morgan fingerprint density at radius 2 is 1.56 bits per heavy atom. The van der Waals surface area contributed by atoms with Gasteiger partial charge < -0.3 is 5.11 Å². The fourth-order valence-electron chi connectivity index (χ4n) is 3.71. The number of nitrogens with zero attached hydrogens (tertiary/aromatic N) is 2. The summed E-state index contributed by atoms with van der Waals surface area (Å²) in [4.78, 5) is 4.67. The molecule has 0 radical (unpaired) electrons. The van der Waals surface area contributed by atoms with E-state index in [0.717, 1.165) is 22.5 Å². The van der Waals surface area contributed by atoms with Gasteiger partial charge in [-0.1, -0.05) is 67.0 Å². The zero-order valence-electron chi connectivity index (χ0n) is 18.5. The lowest BCUT2D eigenvalue weighted by atomic mass is 9.81. The van der Waals surface area contributed by atoms with Crippen molar-refractivity contribution < 1.29 is 13.9 Å². The molecule has 3 nitrogen and oxygen atoms in total. The van der Waals surface area contributed by atoms with Gasteiger partial charge in [0.1, 0.15) is 11.6 Å². The average Bonchev–Trinajstić information content (AvgIpc) is 3.24. The average molecular weight is 519 g/mol. The number of halogens is 4. The Morgan fingerprint density at radius 3 is 2.21 bits per heavy atom. The molecular weight excluding hydrogens is 497 g/mol. The van der Waals surface area contributed by atoms with E-state index < -0.39 is 5.41 Å². The molecule has 0 amide bonds. The second-order valence-electron chi connectivity index (χ2n) is 8.35. The van der Waals surface area contributed by atoms with Gasteiger partial charge in [0.25, 0.3) is 0 Å². The molecule has 0 atom stereocenters. The molecule has 1 aromatic heterocycles. The van der Waals surface area contributed by atoms with Crippen LogP contribution in [0.3, 0.4) is 0 Å². The Balaban J connectivity index is 1.77. The highest BCUT2D eigenvalue weighted by molar-refractivity contribution is 7.98. The zero-order valence-corrected chi connectivity index (χ0v) is 20.9. The van der Waals surface area contributed by atoms with Crippen LogP contribution in [0.5, 0.6) is 0 Å². The van der Waals surface area contributed by atoms with Crippen molar-refractivity contribution in [2.75, 3.05) is 0 Å². The van der Waals surface area contributed by atoms with Crippen molar-refractivity contribution in [3.05, 3.63) is 111 Å². The van der Waals surface area contributed by atoms with Gasteiger partial charge in [0.15, 0.2) is 5.16 Å². The number of hydrogen-bond acceptors (Lipinski definition) is 3. The van der Waals surface area contributed by atoms with Crippen LogP contribution in [0.2, 0.25) is 10.0 Å². The van der Waals surface area contributed by atoms with E-state index in [1.807, 2.05) is 22.8 Å². The Kier molecular flexibility index (Phi) is 7.33. The summed E-state index contributed by atoms with van der Waals surface area (Å²) in [5, 5.41) is 11.0. The summed E-state index contributed by atoms with van der Waals surface area (Å²) in [7, 11) is 0. The van der Waals surface area contributed by atoms with E-state index in [9.17, 15) is 13.9 Å². The van der Waals surface area contributed by atoms with E-state index in [0.29, 0.717) is 26.5 Å². The van der Waals surface area contributed by atoms with Gasteiger partial charge in [-0.25, -0.2) is 13.8 Å². The first-order valence-electron chi connectivity index (χ1n) is 10.5. The van der Waals surface area contributed by atoms with Crippen molar-refractivity contribution in [2.45, 2.75) is 36.8 Å². The Morgan fingerprint density at radius 1 is 0.912 bits per heavy atom. The highest BCUT2D eigenvalue weighted by atomic mass is 35.5. The predicted molar refractivity (Wildman–Crippen MR) is 134 cm³/mol. The summed E-state index contributed by atoms with van der Waals surface area (Å²) in [6.07, 6.45) is 1.80. The second kappa shape index (κ2) is 10.1. The van der Waals surface area contributed by atoms with Gasteiger partial charge in [-0.15, -0.1) is 0 Å². The van der Waals surface area contributed by atoms with Gasteiger partial charge in [0, 0.05) is 26.9 Å². The van der Waals surface area contributed by atoms with E-state index in [1.54, 1.807) is 24.4 Å². The number of aromatic nitrogens is 2. The van der Waals surface area contributed by atoms with Gasteiger partial charge >= 0.3 is 0 Å². The van der Waals surface area contributed by atoms with E-state index >= 15 is 0 Å². The van der Waals surface area contributed by atoms with Gasteiger partial charge in [0.2, 0.25) is 0 Å². The number of thioether (sulfide) groups is 1. The largest absolute Gasteiger partial charge is 0.392 e. The quantitative estimate of drug-likeness (QED) is 0.256. The molecule has 1 heterocycles. The van der Waals surface area contributed by atoms with Crippen LogP contribution in [0, 0.1) is 11.6 Å². The third-order valence-electron chi connectivity index (χ3n) is 5.77. The number of hydrogen-bond donors (Lipinski definition) is 1. The first-order valence-corrected chi connectivity index (χ1v) is 12.3. The molecule has 0 aliphatic rings. The summed E-state index contributed by atoms with van der Waals surface area (Å²) >= 11 is 14.0. The maximum absolute atomic E-state index is 13.7. The van der Waals surface area contributed by atoms with E-state index in [1.165, 1.54) is 36.0 Å². The van der Waals surface area contributed by atoms with Crippen LogP contribution >= 0.6 is 35.0 Å². The second-order valence-corrected chi connectivity index (χ2v) is 10.1. The maximum atomic E-state index is 13.7. The van der Waals surface area contributed by atoms with Crippen LogP contribution < -0.4 is 0 Å². The maximum Gasteiger partial charge on any atom is 0.173 e. The van der Waals surface area contributed by atoms with Crippen molar-refractivity contribution >= 4 is 35.0 Å². The van der Waals surface area contributed by atoms with E-state index in [4.69, 9.17) is 23.2 Å². The SMILES string of the molecule is CC(C)(c1ccc(CO)c(Cl)c1)c1cnc(SCc2ccc(F)cc2Cl)n1-c1ccc(F)cc1. The van der Waals surface area contributed by atoms with Gasteiger partial charge in [0.05, 0.1) is 18.5 Å². The summed E-state index contributed by atoms with van der Waals surface area (Å²) in [6, 6.07) is 16.1. The highest BCUT2D eigenvalue weighted by Gasteiger charge is 2.30. The lowest BCUT2D eigenvalue weighted by Gasteiger charge is -2.28. The Bertz CT molecular complexity index is 1320. The first-order chi connectivity index (χ1) is 16.2. The van der Waals surface area contributed by atoms with Crippen LogP contribution in [0.25, 0.3) is 5.69 Å². The lowest BCUT2D eigenvalue weighted by Crippen LogP contribution is -2.23. The smallest absolute Gasteiger partial charge is 0.173 e. The first kappa shape index (κ1) is 24.7. The molecule has 0 unspecified atom stereocenters. The summed E-state index contributed by atoms with van der Waals surface area (Å²) in [5.41, 5.74) is 3.49. The normalized spacial score (nSPS) is 11.7. The molecule has 176 valence electrons. The molecule has 0 spiro atoms. The Labute approximate surface area is 211 Å². The summed E-state index contributed by atoms with van der Waals surface area (Å²) in [5.74, 6) is -0.237. The minimum atomic E-state index is -0.522. The van der Waals surface area contributed by atoms with Gasteiger partial charge in [-0.05, 0) is 59.2 Å². The molecule has 8 heteroatoms. The lowest BCUT2D eigenvalue weighted by molar-refractivity contribution is 0.282. The minimum Gasteiger partial charge on any atom is -0.392 e. The highest BCUT2D eigenvalue weighted by Crippen LogP contribution is 2.38. The molecule has 34 heavy (non-hydrogen) atoms. The Hall–Kier alpha value is -2.38. The van der Waals surface area contributed by atoms with E-state index in [-0.39, 0.29) is 18.2 Å². The van der Waals surface area contributed by atoms with Crippen LogP contribution in [0.15, 0.2) is 72.0 Å². The van der Waals surface area contributed by atoms with Crippen molar-refractivity contribution in [1.82, 2.24) is 9.55 Å². The van der Waals surface area contributed by atoms with Crippen molar-refractivity contribution in [2.24, 2.45) is 0 Å². The molecule has 4 aromatic rings. The number of aliphatic hydroxyl groups is 1. The molecule has 0 bridgehead atoms.